The zero-order valence-corrected chi connectivity index (χ0v) is 14.3. The molecular formula is C19H21NO5. The molecule has 1 unspecified atom stereocenters. The van der Waals surface area contributed by atoms with E-state index >= 15 is 0 Å². The van der Waals surface area contributed by atoms with E-state index in [0.29, 0.717) is 5.75 Å². The van der Waals surface area contributed by atoms with E-state index in [9.17, 15) is 14.7 Å². The molecule has 0 fully saturated rings. The van der Waals surface area contributed by atoms with Crippen LogP contribution in [0.2, 0.25) is 0 Å². The van der Waals surface area contributed by atoms with Crippen molar-refractivity contribution < 1.29 is 24.5 Å². The lowest BCUT2D eigenvalue weighted by Crippen LogP contribution is -2.30. The highest BCUT2D eigenvalue weighted by Gasteiger charge is 2.19. The van der Waals surface area contributed by atoms with E-state index in [1.165, 1.54) is 18.2 Å². The molecule has 0 aliphatic carbocycles. The lowest BCUT2D eigenvalue weighted by Gasteiger charge is -2.19. The third kappa shape index (κ3) is 4.50. The lowest BCUT2D eigenvalue weighted by atomic mass is 10.0. The Labute approximate surface area is 146 Å². The number of hydrogen-bond acceptors (Lipinski definition) is 4. The fourth-order valence-corrected chi connectivity index (χ4v) is 2.31. The Hall–Kier alpha value is -3.02. The molecule has 0 radical (unpaired) electrons. The summed E-state index contributed by atoms with van der Waals surface area (Å²) < 4.78 is 5.75. The van der Waals surface area contributed by atoms with E-state index in [1.807, 2.05) is 32.0 Å². The molecule has 1 amide bonds. The smallest absolute Gasteiger partial charge is 0.335 e. The zero-order chi connectivity index (χ0) is 18.6. The molecule has 2 rings (SSSR count). The summed E-state index contributed by atoms with van der Waals surface area (Å²) >= 11 is 0. The van der Waals surface area contributed by atoms with Crippen LogP contribution >= 0.6 is 0 Å². The summed E-state index contributed by atoms with van der Waals surface area (Å²) in [5, 5.41) is 21.3. The maximum absolute atomic E-state index is 12.3. The Morgan fingerprint density at radius 3 is 2.40 bits per heavy atom. The van der Waals surface area contributed by atoms with Crippen LogP contribution in [0.1, 0.15) is 42.6 Å². The van der Waals surface area contributed by atoms with Crippen LogP contribution in [0.5, 0.6) is 11.5 Å². The largest absolute Gasteiger partial charge is 0.506 e. The first-order chi connectivity index (χ1) is 11.8. The maximum Gasteiger partial charge on any atom is 0.335 e. The fourth-order valence-electron chi connectivity index (χ4n) is 2.31. The average Bonchev–Trinajstić information content (AvgIpc) is 2.56. The molecule has 0 saturated heterocycles. The molecule has 2 aromatic rings. The van der Waals surface area contributed by atoms with Crippen molar-refractivity contribution in [2.75, 3.05) is 5.32 Å². The van der Waals surface area contributed by atoms with Crippen molar-refractivity contribution >= 4 is 17.6 Å². The molecule has 0 aliphatic rings. The van der Waals surface area contributed by atoms with Crippen molar-refractivity contribution in [1.29, 1.82) is 0 Å². The molecule has 132 valence electrons. The quantitative estimate of drug-likeness (QED) is 0.696. The number of carboxylic acid groups (broad SMARTS) is 1. The van der Waals surface area contributed by atoms with Gasteiger partial charge in [0, 0.05) is 0 Å². The van der Waals surface area contributed by atoms with Gasteiger partial charge in [0.25, 0.3) is 5.91 Å². The summed E-state index contributed by atoms with van der Waals surface area (Å²) in [6.45, 7) is 5.65. The van der Waals surface area contributed by atoms with Crippen molar-refractivity contribution in [2.45, 2.75) is 32.8 Å². The number of benzene rings is 2. The second-order valence-electron chi connectivity index (χ2n) is 5.98. The van der Waals surface area contributed by atoms with Crippen LogP contribution in [-0.2, 0) is 4.79 Å². The minimum atomic E-state index is -1.15. The van der Waals surface area contributed by atoms with Crippen molar-refractivity contribution in [3.63, 3.8) is 0 Å². The van der Waals surface area contributed by atoms with Crippen LogP contribution in [0.4, 0.5) is 5.69 Å². The lowest BCUT2D eigenvalue weighted by molar-refractivity contribution is -0.122. The van der Waals surface area contributed by atoms with E-state index < -0.39 is 18.0 Å². The van der Waals surface area contributed by atoms with Gasteiger partial charge in [0.2, 0.25) is 0 Å². The van der Waals surface area contributed by atoms with Gasteiger partial charge in [-0.15, -0.1) is 0 Å². The van der Waals surface area contributed by atoms with E-state index in [2.05, 4.69) is 5.32 Å². The third-order valence-electron chi connectivity index (χ3n) is 3.72. The third-order valence-corrected chi connectivity index (χ3v) is 3.72. The first kappa shape index (κ1) is 18.3. The van der Waals surface area contributed by atoms with Gasteiger partial charge in [-0.05, 0) is 42.7 Å². The zero-order valence-electron chi connectivity index (χ0n) is 14.3. The number of carbonyl (C=O) groups is 2. The van der Waals surface area contributed by atoms with Gasteiger partial charge in [-0.2, -0.15) is 0 Å². The first-order valence-corrected chi connectivity index (χ1v) is 7.92. The van der Waals surface area contributed by atoms with Crippen LogP contribution in [0, 0.1) is 0 Å². The molecule has 25 heavy (non-hydrogen) atoms. The fraction of sp³-hybridized carbons (Fsp3) is 0.263. The minimum absolute atomic E-state index is 0.0255. The van der Waals surface area contributed by atoms with Crippen molar-refractivity contribution in [3.05, 3.63) is 53.6 Å². The molecule has 0 spiro atoms. The molecule has 0 aliphatic heterocycles. The topological polar surface area (TPSA) is 95.9 Å². The number of carboxylic acids is 1. The number of amides is 1. The SMILES string of the molecule is CC(Oc1ccccc1C(C)C)C(=O)Nc1cc(C(=O)O)ccc1O. The number of para-hydroxylation sites is 1. The van der Waals surface area contributed by atoms with Crippen molar-refractivity contribution in [3.8, 4) is 11.5 Å². The van der Waals surface area contributed by atoms with Crippen LogP contribution in [-0.4, -0.2) is 28.2 Å². The Morgan fingerprint density at radius 2 is 1.76 bits per heavy atom. The molecule has 2 aromatic carbocycles. The highest BCUT2D eigenvalue weighted by molar-refractivity contribution is 5.97. The predicted molar refractivity (Wildman–Crippen MR) is 94.3 cm³/mol. The summed E-state index contributed by atoms with van der Waals surface area (Å²) in [6.07, 6.45) is -0.826. The van der Waals surface area contributed by atoms with E-state index in [-0.39, 0.29) is 22.9 Å². The number of phenols is 1. The maximum atomic E-state index is 12.3. The van der Waals surface area contributed by atoms with Gasteiger partial charge in [0.05, 0.1) is 11.3 Å². The summed E-state index contributed by atoms with van der Waals surface area (Å²) in [6, 6.07) is 11.1. The van der Waals surface area contributed by atoms with Gasteiger partial charge in [0.1, 0.15) is 11.5 Å². The summed E-state index contributed by atoms with van der Waals surface area (Å²) in [5.74, 6) is -0.999. The molecular weight excluding hydrogens is 322 g/mol. The predicted octanol–water partition coefficient (Wildman–Crippen LogP) is 3.62. The van der Waals surface area contributed by atoms with Crippen LogP contribution in [0.3, 0.4) is 0 Å². The summed E-state index contributed by atoms with van der Waals surface area (Å²) in [7, 11) is 0. The van der Waals surface area contributed by atoms with Crippen molar-refractivity contribution in [2.24, 2.45) is 0 Å². The number of nitrogens with one attached hydrogen (secondary N) is 1. The number of aromatic hydroxyl groups is 1. The van der Waals surface area contributed by atoms with Gasteiger partial charge in [0.15, 0.2) is 6.10 Å². The Kier molecular flexibility index (Phi) is 5.64. The van der Waals surface area contributed by atoms with Gasteiger partial charge >= 0.3 is 5.97 Å². The highest BCUT2D eigenvalue weighted by Crippen LogP contribution is 2.28. The second-order valence-corrected chi connectivity index (χ2v) is 5.98. The monoisotopic (exact) mass is 343 g/mol. The molecule has 0 saturated carbocycles. The molecule has 0 heterocycles. The Balaban J connectivity index is 2.14. The number of anilines is 1. The normalized spacial score (nSPS) is 11.8. The number of rotatable bonds is 6. The average molecular weight is 343 g/mol. The number of aromatic carboxylic acids is 1. The van der Waals surface area contributed by atoms with Crippen LogP contribution in [0.25, 0.3) is 0 Å². The standard InChI is InChI=1S/C19H21NO5/c1-11(2)14-6-4-5-7-17(14)25-12(3)18(22)20-15-10-13(19(23)24)8-9-16(15)21/h4-12,21H,1-3H3,(H,20,22)(H,23,24). The molecule has 0 bridgehead atoms. The van der Waals surface area contributed by atoms with Gasteiger partial charge in [-0.1, -0.05) is 32.0 Å². The van der Waals surface area contributed by atoms with Crippen LogP contribution in [0.15, 0.2) is 42.5 Å². The summed E-state index contributed by atoms with van der Waals surface area (Å²) in [4.78, 5) is 23.3. The number of hydrogen-bond donors (Lipinski definition) is 3. The van der Waals surface area contributed by atoms with Crippen molar-refractivity contribution in [1.82, 2.24) is 0 Å². The summed E-state index contributed by atoms with van der Waals surface area (Å²) in [5.41, 5.74) is 0.974. The number of ether oxygens (including phenoxy) is 1. The van der Waals surface area contributed by atoms with E-state index in [1.54, 1.807) is 13.0 Å². The molecule has 6 heteroatoms. The molecule has 1 atom stereocenters. The number of phenolic OH excluding ortho intramolecular Hbond substituents is 1. The number of carbonyl (C=O) groups excluding carboxylic acids is 1. The Bertz CT molecular complexity index is 785. The first-order valence-electron chi connectivity index (χ1n) is 7.92. The second kappa shape index (κ2) is 7.70. The van der Waals surface area contributed by atoms with E-state index in [4.69, 9.17) is 9.84 Å². The molecule has 6 nitrogen and oxygen atoms in total. The minimum Gasteiger partial charge on any atom is -0.506 e. The van der Waals surface area contributed by atoms with Gasteiger partial charge < -0.3 is 20.3 Å². The van der Waals surface area contributed by atoms with E-state index in [0.717, 1.165) is 5.56 Å². The van der Waals surface area contributed by atoms with Gasteiger partial charge in [-0.3, -0.25) is 4.79 Å². The molecule has 0 aromatic heterocycles. The van der Waals surface area contributed by atoms with Gasteiger partial charge in [-0.25, -0.2) is 4.79 Å². The van der Waals surface area contributed by atoms with Crippen LogP contribution < -0.4 is 10.1 Å². The molecule has 3 N–H and O–H groups in total. The Morgan fingerprint density at radius 1 is 1.08 bits per heavy atom. The highest BCUT2D eigenvalue weighted by atomic mass is 16.5.